The van der Waals surface area contributed by atoms with Crippen molar-refractivity contribution in [1.29, 1.82) is 0 Å². The molecule has 0 fully saturated rings. The third-order valence-electron chi connectivity index (χ3n) is 16.9. The Labute approximate surface area is 598 Å². The van der Waals surface area contributed by atoms with Crippen LogP contribution in [-0.2, 0) is 68.4 Å². The number of anilines is 2. The minimum atomic E-state index is -1.46. The van der Waals surface area contributed by atoms with E-state index in [1.807, 2.05) is 45.0 Å². The molecule has 3 aromatic rings. The molecule has 0 bridgehead atoms. The van der Waals surface area contributed by atoms with Crippen LogP contribution in [0.15, 0.2) is 77.1 Å². The Hall–Kier alpha value is -7.68. The number of nitrogens with one attached hydrogen (secondary N) is 4. The van der Waals surface area contributed by atoms with Crippen LogP contribution in [0.5, 0.6) is 23.0 Å². The minimum Gasteiger partial charge on any atom is -0.493 e. The number of rotatable bonds is 47. The van der Waals surface area contributed by atoms with Gasteiger partial charge in [0.25, 0.3) is 0 Å². The first-order chi connectivity index (χ1) is 49.3. The first-order valence-electron chi connectivity index (χ1n) is 35.3. The Kier molecular flexibility index (Phi) is 34.8. The lowest BCUT2D eigenvalue weighted by molar-refractivity contribution is -0.132. The summed E-state index contributed by atoms with van der Waals surface area (Å²) in [6.45, 7) is 20.1. The van der Waals surface area contributed by atoms with Crippen molar-refractivity contribution >= 4 is 53.0 Å². The number of carbonyl (C=O) groups is 5. The minimum absolute atomic E-state index is 0.000588. The van der Waals surface area contributed by atoms with Gasteiger partial charge in [0.15, 0.2) is 41.7 Å². The molecule has 7 N–H and O–H groups in total. The van der Waals surface area contributed by atoms with Gasteiger partial charge in [-0.2, -0.15) is 0 Å². The summed E-state index contributed by atoms with van der Waals surface area (Å²) in [6.07, 6.45) is 4.78. The Morgan fingerprint density at radius 3 is 1.65 bits per heavy atom. The second-order valence-electron chi connectivity index (χ2n) is 25.9. The van der Waals surface area contributed by atoms with Crippen LogP contribution in [0, 0.1) is 11.8 Å². The molecule has 2 unspecified atom stereocenters. The molecule has 0 saturated carbocycles. The lowest BCUT2D eigenvalue weighted by atomic mass is 10.0. The molecule has 29 nitrogen and oxygen atoms in total. The fourth-order valence-electron chi connectivity index (χ4n) is 11.5. The largest absolute Gasteiger partial charge is 0.493 e. The predicted octanol–water partition coefficient (Wildman–Crippen LogP) is 6.73. The third-order valence-corrected chi connectivity index (χ3v) is 16.9. The predicted molar refractivity (Wildman–Crippen MR) is 379 cm³/mol. The summed E-state index contributed by atoms with van der Waals surface area (Å²) in [7, 11) is 3.04. The molecule has 4 aliphatic heterocycles. The van der Waals surface area contributed by atoms with Gasteiger partial charge in [-0.15, -0.1) is 0 Å². The molecular weight excluding hydrogens is 1320 g/mol. The van der Waals surface area contributed by atoms with Gasteiger partial charge < -0.3 is 108 Å². The van der Waals surface area contributed by atoms with E-state index in [-0.39, 0.29) is 67.7 Å². The van der Waals surface area contributed by atoms with Crippen LogP contribution in [0.4, 0.5) is 21.9 Å². The summed E-state index contributed by atoms with van der Waals surface area (Å²) in [4.78, 5) is 74.9. The number of amides is 5. The zero-order valence-corrected chi connectivity index (χ0v) is 60.6. The van der Waals surface area contributed by atoms with E-state index in [0.717, 1.165) is 23.3 Å². The standard InChI is InChI=1S/C73H108N8O21/c1-48(2)37-66(83)74-18-22-93-24-26-95-28-30-97-32-34-99-36-35-98-33-31-96-29-27-94-25-23-92-21-17-65(82)78-67(49(3)4)69(85)76-52(7)68(84)77-54-15-13-53(14-16-54)47-102-73(89)81-59-43-64(62(91-9)41-57(59)71(87)80-46-51(6)39-60(80)72(81)88)101-20-12-10-11-19-100-63-42-58-56(40-61(63)90-8)70(86)79-45-50(5)38-55(79)44-75-58/h13-16,40-46,48-49,52,55,60,67,70-72,86-88H,10-12,17-39,47H2,1-9H3,(H,74,83)(H,76,85)(H,77,84)(H,78,82)/t52-,55-,60-,67-,70?,71?,72-/m0/s1. The maximum absolute atomic E-state index is 14.3. The topological polar surface area (TPSA) is 336 Å². The first-order valence-corrected chi connectivity index (χ1v) is 35.3. The molecule has 0 aromatic heterocycles. The Bertz CT molecular complexity index is 3210. The number of aliphatic imine (C=N–C) groups is 1. The van der Waals surface area contributed by atoms with E-state index in [1.54, 1.807) is 80.6 Å². The van der Waals surface area contributed by atoms with Gasteiger partial charge in [0.1, 0.15) is 18.7 Å². The number of methoxy groups -OCH3 is 2. The fourth-order valence-corrected chi connectivity index (χ4v) is 11.5. The van der Waals surface area contributed by atoms with Crippen LogP contribution in [0.3, 0.4) is 0 Å². The number of nitrogens with zero attached hydrogens (tertiary/aromatic N) is 4. The highest BCUT2D eigenvalue weighted by atomic mass is 16.6. The Morgan fingerprint density at radius 2 is 1.09 bits per heavy atom. The number of hydrogen-bond acceptors (Lipinski definition) is 24. The van der Waals surface area contributed by atoms with E-state index < -0.39 is 60.6 Å². The Balaban J connectivity index is 0.744. The van der Waals surface area contributed by atoms with Gasteiger partial charge >= 0.3 is 6.09 Å². The lowest BCUT2D eigenvalue weighted by Gasteiger charge is -2.33. The maximum Gasteiger partial charge on any atom is 0.416 e. The van der Waals surface area contributed by atoms with E-state index in [1.165, 1.54) is 19.6 Å². The molecule has 4 heterocycles. The highest BCUT2D eigenvalue weighted by Crippen LogP contribution is 2.46. The second-order valence-corrected chi connectivity index (χ2v) is 25.9. The zero-order valence-electron chi connectivity index (χ0n) is 60.6. The number of ether oxygens (including phenoxy) is 13. The summed E-state index contributed by atoms with van der Waals surface area (Å²) in [5.41, 5.74) is 4.72. The van der Waals surface area contributed by atoms with Gasteiger partial charge in [-0.05, 0) is 94.5 Å². The normalized spacial score (nSPS) is 18.1. The number of aliphatic hydroxyl groups excluding tert-OH is 3. The fraction of sp³-hybridized carbons (Fsp3) is 0.616. The van der Waals surface area contributed by atoms with Gasteiger partial charge in [0.2, 0.25) is 23.6 Å². The molecular formula is C73H108N8O21. The molecule has 102 heavy (non-hydrogen) atoms. The molecule has 0 saturated heterocycles. The van der Waals surface area contributed by atoms with Crippen LogP contribution >= 0.6 is 0 Å². The van der Waals surface area contributed by atoms with E-state index in [4.69, 9.17) is 66.6 Å². The molecule has 7 rings (SSSR count). The lowest BCUT2D eigenvalue weighted by Crippen LogP contribution is -2.53. The van der Waals surface area contributed by atoms with E-state index >= 15 is 0 Å². The van der Waals surface area contributed by atoms with Crippen LogP contribution in [0.25, 0.3) is 0 Å². The molecule has 4 aliphatic rings. The van der Waals surface area contributed by atoms with Crippen molar-refractivity contribution in [2.45, 2.75) is 143 Å². The van der Waals surface area contributed by atoms with Crippen LogP contribution in [0.2, 0.25) is 0 Å². The molecule has 0 aliphatic carbocycles. The summed E-state index contributed by atoms with van der Waals surface area (Å²) < 4.78 is 73.8. The maximum atomic E-state index is 14.3. The summed E-state index contributed by atoms with van der Waals surface area (Å²) >= 11 is 0. The number of carbonyl (C=O) groups excluding carboxylic acids is 5. The molecule has 0 radical (unpaired) electrons. The van der Waals surface area contributed by atoms with Crippen molar-refractivity contribution < 1.29 is 101 Å². The van der Waals surface area contributed by atoms with Gasteiger partial charge in [-0.1, -0.05) is 51.0 Å². The highest BCUT2D eigenvalue weighted by molar-refractivity contribution is 5.98. The summed E-state index contributed by atoms with van der Waals surface area (Å²) in [5.74, 6) is 0.212. The Morgan fingerprint density at radius 1 is 0.569 bits per heavy atom. The van der Waals surface area contributed by atoms with E-state index in [9.17, 15) is 39.3 Å². The molecule has 5 amide bonds. The second kappa shape index (κ2) is 43.4. The molecule has 3 aromatic carbocycles. The number of aliphatic hydroxyl groups is 3. The SMILES string of the molecule is COc1cc2c(cc1OCCCCCOc1cc3c(cc1OC)C(O)N1C=C(C)C[C@H]1[C@H](O)N3C(=O)OCc1ccc(NC(=O)[C@H](C)NC(=O)[C@@H](NC(=O)CCOCCOCCOCCOCCOCCOCCOCCOCCNC(=O)CC(C)C)C(C)C)cc1)N=C[C@@H]1CC(C)=CN1C2O. The van der Waals surface area contributed by atoms with E-state index in [0.29, 0.717) is 177 Å². The van der Waals surface area contributed by atoms with Crippen molar-refractivity contribution in [3.8, 4) is 23.0 Å². The molecule has 0 spiro atoms. The molecule has 566 valence electrons. The zero-order chi connectivity index (χ0) is 73.3. The van der Waals surface area contributed by atoms with Crippen molar-refractivity contribution in [3.05, 3.63) is 88.8 Å². The molecule has 29 heteroatoms. The number of fused-ring (bicyclic) bond motifs is 4. The quantitative estimate of drug-likeness (QED) is 0.0288. The van der Waals surface area contributed by atoms with Gasteiger partial charge in [-0.3, -0.25) is 24.2 Å². The smallest absolute Gasteiger partial charge is 0.416 e. The first kappa shape index (κ1) is 81.6. The van der Waals surface area contributed by atoms with Crippen molar-refractivity contribution in [1.82, 2.24) is 25.8 Å². The van der Waals surface area contributed by atoms with Gasteiger partial charge in [-0.25, -0.2) is 9.69 Å². The van der Waals surface area contributed by atoms with Crippen molar-refractivity contribution in [2.24, 2.45) is 16.8 Å². The third kappa shape index (κ3) is 25.9. The number of benzene rings is 3. The summed E-state index contributed by atoms with van der Waals surface area (Å²) in [6, 6.07) is 10.6. The van der Waals surface area contributed by atoms with Crippen molar-refractivity contribution in [3.63, 3.8) is 0 Å². The highest BCUT2D eigenvalue weighted by Gasteiger charge is 2.45. The van der Waals surface area contributed by atoms with Crippen LogP contribution in [0.1, 0.15) is 123 Å². The van der Waals surface area contributed by atoms with Crippen LogP contribution in [-0.4, -0.2) is 231 Å². The number of unbranched alkanes of at least 4 members (excludes halogenated alkanes) is 2. The summed E-state index contributed by atoms with van der Waals surface area (Å²) in [5, 5.41) is 46.1. The average molecular weight is 1430 g/mol. The molecule has 7 atom stereocenters. The monoisotopic (exact) mass is 1430 g/mol. The number of hydrogen-bond donors (Lipinski definition) is 7. The van der Waals surface area contributed by atoms with Crippen molar-refractivity contribution in [2.75, 3.05) is 150 Å². The van der Waals surface area contributed by atoms with Gasteiger partial charge in [0.05, 0.1) is 157 Å². The van der Waals surface area contributed by atoms with Gasteiger partial charge in [0, 0.05) is 66.9 Å². The average Bonchev–Trinajstić information content (AvgIpc) is 1.59. The van der Waals surface area contributed by atoms with E-state index in [2.05, 4.69) is 21.3 Å². The van der Waals surface area contributed by atoms with Crippen LogP contribution < -0.4 is 45.1 Å².